The Labute approximate surface area is 153 Å². The lowest BCUT2D eigenvalue weighted by Crippen LogP contribution is -2.52. The van der Waals surface area contributed by atoms with Crippen molar-refractivity contribution in [2.24, 2.45) is 0 Å². The highest BCUT2D eigenvalue weighted by molar-refractivity contribution is 5.79. The van der Waals surface area contributed by atoms with E-state index in [2.05, 4.69) is 52.2 Å². The molecular weight excluding hydrogens is 322 g/mol. The third kappa shape index (κ3) is 3.24. The molecule has 0 radical (unpaired) electrons. The van der Waals surface area contributed by atoms with Gasteiger partial charge in [-0.1, -0.05) is 30.3 Å². The van der Waals surface area contributed by atoms with Crippen molar-refractivity contribution in [3.05, 3.63) is 65.9 Å². The van der Waals surface area contributed by atoms with E-state index in [9.17, 15) is 5.26 Å². The van der Waals surface area contributed by atoms with Crippen molar-refractivity contribution in [3.63, 3.8) is 0 Å². The first-order valence-electron chi connectivity index (χ1n) is 8.89. The van der Waals surface area contributed by atoms with E-state index >= 15 is 0 Å². The van der Waals surface area contributed by atoms with Gasteiger partial charge in [0.1, 0.15) is 11.9 Å². The minimum atomic E-state index is 0.388. The average Bonchev–Trinajstić information content (AvgIpc) is 2.69. The summed E-state index contributed by atoms with van der Waals surface area (Å²) < 4.78 is 0. The fourth-order valence-corrected chi connectivity index (χ4v) is 3.56. The van der Waals surface area contributed by atoms with Gasteiger partial charge >= 0.3 is 0 Å². The summed E-state index contributed by atoms with van der Waals surface area (Å²) in [5.41, 5.74) is 2.65. The molecule has 0 saturated carbocycles. The van der Waals surface area contributed by atoms with Gasteiger partial charge in [0.2, 0.25) is 0 Å². The topological polar surface area (TPSA) is 56.1 Å². The molecule has 0 N–H and O–H groups in total. The summed E-state index contributed by atoms with van der Waals surface area (Å²) in [4.78, 5) is 13.7. The SMILES string of the molecule is CN1CCN(c2nc3ncccc3cc2C#N)CC1Cc1ccccc1. The van der Waals surface area contributed by atoms with Crippen molar-refractivity contribution < 1.29 is 0 Å². The molecule has 1 fully saturated rings. The number of fused-ring (bicyclic) bond motifs is 1. The minimum absolute atomic E-state index is 0.388. The Morgan fingerprint density at radius 3 is 2.81 bits per heavy atom. The first-order valence-corrected chi connectivity index (χ1v) is 8.89. The molecule has 1 unspecified atom stereocenters. The largest absolute Gasteiger partial charge is 0.353 e. The van der Waals surface area contributed by atoms with Crippen molar-refractivity contribution in [2.75, 3.05) is 31.6 Å². The standard InChI is InChI=1S/C21H21N5/c1-25-10-11-26(15-19(25)12-16-6-3-2-4-7-16)21-18(14-22)13-17-8-5-9-23-20(17)24-21/h2-9,13,19H,10-12,15H2,1H3. The molecule has 5 nitrogen and oxygen atoms in total. The first kappa shape index (κ1) is 16.5. The normalized spacial score (nSPS) is 18.0. The molecule has 0 amide bonds. The van der Waals surface area contributed by atoms with Gasteiger partial charge in [-0.2, -0.15) is 5.26 Å². The van der Waals surface area contributed by atoms with E-state index in [0.29, 0.717) is 17.3 Å². The molecule has 3 heterocycles. The summed E-state index contributed by atoms with van der Waals surface area (Å²) in [5.74, 6) is 0.755. The van der Waals surface area contributed by atoms with Crippen molar-refractivity contribution in [1.82, 2.24) is 14.9 Å². The summed E-state index contributed by atoms with van der Waals surface area (Å²) in [6.45, 7) is 2.66. The van der Waals surface area contributed by atoms with Gasteiger partial charge in [-0.25, -0.2) is 9.97 Å². The quantitative estimate of drug-likeness (QED) is 0.732. The van der Waals surface area contributed by atoms with E-state index in [4.69, 9.17) is 4.98 Å². The average molecular weight is 343 g/mol. The highest BCUT2D eigenvalue weighted by atomic mass is 15.3. The monoisotopic (exact) mass is 343 g/mol. The van der Waals surface area contributed by atoms with Gasteiger partial charge < -0.3 is 4.90 Å². The number of nitriles is 1. The van der Waals surface area contributed by atoms with Crippen LogP contribution in [-0.4, -0.2) is 47.6 Å². The fraction of sp³-hybridized carbons (Fsp3) is 0.286. The minimum Gasteiger partial charge on any atom is -0.353 e. The predicted molar refractivity (Wildman–Crippen MR) is 103 cm³/mol. The van der Waals surface area contributed by atoms with Gasteiger partial charge in [-0.15, -0.1) is 0 Å². The van der Waals surface area contributed by atoms with Crippen LogP contribution < -0.4 is 4.90 Å². The summed E-state index contributed by atoms with van der Waals surface area (Å²) >= 11 is 0. The van der Waals surface area contributed by atoms with Crippen LogP contribution >= 0.6 is 0 Å². The van der Waals surface area contributed by atoms with Gasteiger partial charge in [0.25, 0.3) is 0 Å². The molecule has 0 spiro atoms. The first-order chi connectivity index (χ1) is 12.7. The molecule has 1 aliphatic heterocycles. The fourth-order valence-electron chi connectivity index (χ4n) is 3.56. The molecule has 0 bridgehead atoms. The molecule has 5 heteroatoms. The molecule has 1 aromatic carbocycles. The van der Waals surface area contributed by atoms with Crippen molar-refractivity contribution in [2.45, 2.75) is 12.5 Å². The maximum atomic E-state index is 9.61. The van der Waals surface area contributed by atoms with E-state index in [1.807, 2.05) is 24.3 Å². The van der Waals surface area contributed by atoms with Crippen molar-refractivity contribution in [1.29, 1.82) is 5.26 Å². The zero-order valence-electron chi connectivity index (χ0n) is 14.8. The number of hydrogen-bond acceptors (Lipinski definition) is 5. The van der Waals surface area contributed by atoms with Crippen molar-refractivity contribution in [3.8, 4) is 6.07 Å². The zero-order chi connectivity index (χ0) is 17.9. The number of likely N-dealkylation sites (N-methyl/N-ethyl adjacent to an activating group) is 1. The van der Waals surface area contributed by atoms with Gasteiger partial charge in [0, 0.05) is 37.3 Å². The number of rotatable bonds is 3. The molecule has 130 valence electrons. The van der Waals surface area contributed by atoms with E-state index in [1.54, 1.807) is 6.20 Å². The van der Waals surface area contributed by atoms with Gasteiger partial charge in [0.05, 0.1) is 5.56 Å². The van der Waals surface area contributed by atoms with Crippen LogP contribution in [0.15, 0.2) is 54.7 Å². The molecule has 1 saturated heterocycles. The molecule has 3 aromatic rings. The van der Waals surface area contributed by atoms with E-state index in [-0.39, 0.29) is 0 Å². The lowest BCUT2D eigenvalue weighted by molar-refractivity contribution is 0.217. The number of hydrogen-bond donors (Lipinski definition) is 0. The molecular formula is C21H21N5. The van der Waals surface area contributed by atoms with E-state index < -0.39 is 0 Å². The van der Waals surface area contributed by atoms with E-state index in [0.717, 1.165) is 37.3 Å². The third-order valence-electron chi connectivity index (χ3n) is 5.08. The lowest BCUT2D eigenvalue weighted by Gasteiger charge is -2.40. The maximum absolute atomic E-state index is 9.61. The van der Waals surface area contributed by atoms with Crippen LogP contribution in [0.25, 0.3) is 11.0 Å². The third-order valence-corrected chi connectivity index (χ3v) is 5.08. The number of anilines is 1. The number of nitrogens with zero attached hydrogens (tertiary/aromatic N) is 5. The van der Waals surface area contributed by atoms with Gasteiger partial charge in [0.15, 0.2) is 5.65 Å². The number of pyridine rings is 2. The van der Waals surface area contributed by atoms with Crippen LogP contribution in [0.2, 0.25) is 0 Å². The van der Waals surface area contributed by atoms with Gasteiger partial charge in [-0.05, 0) is 37.2 Å². The zero-order valence-corrected chi connectivity index (χ0v) is 14.8. The lowest BCUT2D eigenvalue weighted by atomic mass is 10.0. The Morgan fingerprint density at radius 1 is 1.15 bits per heavy atom. The number of piperazine rings is 1. The molecule has 26 heavy (non-hydrogen) atoms. The van der Waals surface area contributed by atoms with Crippen LogP contribution in [0, 0.1) is 11.3 Å². The number of benzene rings is 1. The van der Waals surface area contributed by atoms with Crippen LogP contribution in [0.4, 0.5) is 5.82 Å². The molecule has 1 aliphatic rings. The van der Waals surface area contributed by atoms with Crippen LogP contribution in [0.5, 0.6) is 0 Å². The Bertz CT molecular complexity index is 948. The molecule has 4 rings (SSSR count). The van der Waals surface area contributed by atoms with Crippen LogP contribution in [0.3, 0.4) is 0 Å². The maximum Gasteiger partial charge on any atom is 0.161 e. The summed E-state index contributed by atoms with van der Waals surface area (Å²) in [5, 5.41) is 10.5. The van der Waals surface area contributed by atoms with E-state index in [1.165, 1.54) is 5.56 Å². The summed E-state index contributed by atoms with van der Waals surface area (Å²) in [6, 6.07) is 19.0. The smallest absolute Gasteiger partial charge is 0.161 e. The van der Waals surface area contributed by atoms with Gasteiger partial charge in [-0.3, -0.25) is 4.90 Å². The van der Waals surface area contributed by atoms with Crippen LogP contribution in [-0.2, 0) is 6.42 Å². The molecule has 0 aliphatic carbocycles. The second-order valence-corrected chi connectivity index (χ2v) is 6.79. The number of aromatic nitrogens is 2. The summed E-state index contributed by atoms with van der Waals surface area (Å²) in [6.07, 6.45) is 2.73. The van der Waals surface area contributed by atoms with Crippen molar-refractivity contribution >= 4 is 16.9 Å². The second-order valence-electron chi connectivity index (χ2n) is 6.79. The Kier molecular flexibility index (Phi) is 4.51. The molecule has 2 aromatic heterocycles. The Morgan fingerprint density at radius 2 is 2.00 bits per heavy atom. The second kappa shape index (κ2) is 7.11. The highest BCUT2D eigenvalue weighted by Gasteiger charge is 2.27. The van der Waals surface area contributed by atoms with Crippen LogP contribution in [0.1, 0.15) is 11.1 Å². The Balaban J connectivity index is 1.63. The Hall–Kier alpha value is -2.97. The highest BCUT2D eigenvalue weighted by Crippen LogP contribution is 2.25. The molecule has 1 atom stereocenters. The summed E-state index contributed by atoms with van der Waals surface area (Å²) in [7, 11) is 2.17. The predicted octanol–water partition coefficient (Wildman–Crippen LogP) is 2.86.